The predicted octanol–water partition coefficient (Wildman–Crippen LogP) is 2.01. The number of methoxy groups -OCH3 is 1. The number of hydrogen-bond acceptors (Lipinski definition) is 6. The number of anilines is 1. The molecule has 2 aromatic rings. The van der Waals surface area contributed by atoms with Crippen LogP contribution in [0, 0.1) is 0 Å². The van der Waals surface area contributed by atoms with Crippen molar-refractivity contribution in [3.63, 3.8) is 0 Å². The summed E-state index contributed by atoms with van der Waals surface area (Å²) in [4.78, 5) is 11.5. The maximum atomic E-state index is 13.2. The minimum Gasteiger partial charge on any atom is -0.453 e. The van der Waals surface area contributed by atoms with Crippen LogP contribution in [0.3, 0.4) is 0 Å². The summed E-state index contributed by atoms with van der Waals surface area (Å²) in [6.45, 7) is 0. The molecule has 4 rings (SSSR count). The van der Waals surface area contributed by atoms with Crippen LogP contribution in [0.15, 0.2) is 41.6 Å². The summed E-state index contributed by atoms with van der Waals surface area (Å²) in [7, 11) is -2.33. The minimum atomic E-state index is -3.60. The molecule has 0 aliphatic carbocycles. The van der Waals surface area contributed by atoms with Crippen molar-refractivity contribution in [1.29, 1.82) is 0 Å². The summed E-state index contributed by atoms with van der Waals surface area (Å²) in [6, 6.07) is 6.28. The van der Waals surface area contributed by atoms with E-state index in [0.29, 0.717) is 5.69 Å². The Bertz CT molecular complexity index is 899. The molecule has 0 spiro atoms. The Kier molecular flexibility index (Phi) is 4.60. The van der Waals surface area contributed by atoms with E-state index in [1.165, 1.54) is 19.2 Å². The maximum Gasteiger partial charge on any atom is 0.411 e. The summed E-state index contributed by atoms with van der Waals surface area (Å²) >= 11 is 0. The van der Waals surface area contributed by atoms with Crippen molar-refractivity contribution < 1.29 is 17.9 Å². The van der Waals surface area contributed by atoms with Gasteiger partial charge in [0.15, 0.2) is 0 Å². The highest BCUT2D eigenvalue weighted by Gasteiger charge is 2.47. The van der Waals surface area contributed by atoms with E-state index in [2.05, 4.69) is 20.4 Å². The highest BCUT2D eigenvalue weighted by atomic mass is 32.2. The molecule has 144 valence electrons. The fourth-order valence-corrected chi connectivity index (χ4v) is 6.02. The van der Waals surface area contributed by atoms with E-state index in [9.17, 15) is 13.2 Å². The summed E-state index contributed by atoms with van der Waals surface area (Å²) in [5, 5.41) is 10.5. The maximum absolute atomic E-state index is 13.2. The number of hydrogen-bond donors (Lipinski definition) is 1. The SMILES string of the molecule is COC(=O)Nc1ccc(S(=O)(=O)N2C3CCC2CC(n2ccnn2)C3)cc1. The third kappa shape index (κ3) is 3.30. The Hall–Kier alpha value is -2.46. The molecular formula is C17H21N5O4S. The van der Waals surface area contributed by atoms with Crippen molar-refractivity contribution in [2.45, 2.75) is 48.7 Å². The molecule has 27 heavy (non-hydrogen) atoms. The van der Waals surface area contributed by atoms with E-state index in [-0.39, 0.29) is 23.0 Å². The molecule has 2 fully saturated rings. The lowest BCUT2D eigenvalue weighted by Gasteiger charge is -2.37. The van der Waals surface area contributed by atoms with Crippen LogP contribution < -0.4 is 5.32 Å². The standard InChI is InChI=1S/C17H21N5O4S/c1-26-17(23)19-12-2-6-16(7-3-12)27(24,25)22-13-4-5-14(22)11-15(10-13)21-9-8-18-20-21/h2-3,6-9,13-15H,4-5,10-11H2,1H3,(H,19,23). The molecule has 2 unspecified atom stereocenters. The first-order chi connectivity index (χ1) is 13.0. The number of aromatic nitrogens is 3. The van der Waals surface area contributed by atoms with Crippen molar-refractivity contribution in [3.8, 4) is 0 Å². The van der Waals surface area contributed by atoms with E-state index in [1.54, 1.807) is 22.6 Å². The van der Waals surface area contributed by atoms with Crippen molar-refractivity contribution >= 4 is 21.8 Å². The van der Waals surface area contributed by atoms with Crippen molar-refractivity contribution in [2.24, 2.45) is 0 Å². The normalized spacial score (nSPS) is 25.3. The second-order valence-corrected chi connectivity index (χ2v) is 8.71. The summed E-state index contributed by atoms with van der Waals surface area (Å²) < 4.78 is 34.5. The molecule has 0 radical (unpaired) electrons. The van der Waals surface area contributed by atoms with Crippen molar-refractivity contribution in [1.82, 2.24) is 19.3 Å². The van der Waals surface area contributed by atoms with Gasteiger partial charge in [0.25, 0.3) is 0 Å². The number of carbonyl (C=O) groups excluding carboxylic acids is 1. The van der Waals surface area contributed by atoms with E-state index >= 15 is 0 Å². The fourth-order valence-electron chi connectivity index (χ4n) is 4.13. The number of benzene rings is 1. The van der Waals surface area contributed by atoms with Gasteiger partial charge in [0, 0.05) is 24.0 Å². The second kappa shape index (κ2) is 6.93. The molecule has 2 aliphatic rings. The Morgan fingerprint density at radius 3 is 2.37 bits per heavy atom. The Morgan fingerprint density at radius 1 is 1.15 bits per heavy atom. The van der Waals surface area contributed by atoms with Crippen LogP contribution in [0.2, 0.25) is 0 Å². The fraction of sp³-hybridized carbons (Fsp3) is 0.471. The summed E-state index contributed by atoms with van der Waals surface area (Å²) in [6.07, 6.45) is 6.07. The number of sulfonamides is 1. The Morgan fingerprint density at radius 2 is 1.81 bits per heavy atom. The van der Waals surface area contributed by atoms with Crippen LogP contribution in [-0.2, 0) is 14.8 Å². The molecule has 1 aromatic heterocycles. The van der Waals surface area contributed by atoms with E-state index in [4.69, 9.17) is 0 Å². The highest BCUT2D eigenvalue weighted by Crippen LogP contribution is 2.43. The van der Waals surface area contributed by atoms with Gasteiger partial charge >= 0.3 is 6.09 Å². The van der Waals surface area contributed by atoms with Crippen LogP contribution in [0.1, 0.15) is 31.7 Å². The number of carbonyl (C=O) groups is 1. The molecule has 1 amide bonds. The number of rotatable bonds is 4. The number of amides is 1. The van der Waals surface area contributed by atoms with Gasteiger partial charge in [-0.15, -0.1) is 5.10 Å². The molecule has 2 atom stereocenters. The second-order valence-electron chi connectivity index (χ2n) is 6.87. The smallest absolute Gasteiger partial charge is 0.411 e. The van der Waals surface area contributed by atoms with Crippen LogP contribution in [0.5, 0.6) is 0 Å². The van der Waals surface area contributed by atoms with Crippen LogP contribution in [-0.4, -0.2) is 53.0 Å². The van der Waals surface area contributed by atoms with Gasteiger partial charge in [-0.25, -0.2) is 17.9 Å². The number of fused-ring (bicyclic) bond motifs is 2. The monoisotopic (exact) mass is 391 g/mol. The van der Waals surface area contributed by atoms with E-state index in [0.717, 1.165) is 25.7 Å². The lowest BCUT2D eigenvalue weighted by molar-refractivity contribution is 0.183. The first-order valence-corrected chi connectivity index (χ1v) is 10.3. The number of nitrogens with zero attached hydrogens (tertiary/aromatic N) is 4. The Balaban J connectivity index is 1.53. The third-order valence-corrected chi connectivity index (χ3v) is 7.34. The molecular weight excluding hydrogens is 370 g/mol. The van der Waals surface area contributed by atoms with E-state index < -0.39 is 16.1 Å². The highest BCUT2D eigenvalue weighted by molar-refractivity contribution is 7.89. The quantitative estimate of drug-likeness (QED) is 0.854. The molecule has 2 bridgehead atoms. The first kappa shape index (κ1) is 17.9. The van der Waals surface area contributed by atoms with Gasteiger partial charge in [-0.1, -0.05) is 5.21 Å². The lowest BCUT2D eigenvalue weighted by Crippen LogP contribution is -2.46. The average Bonchev–Trinajstić information content (AvgIpc) is 3.29. The van der Waals surface area contributed by atoms with Gasteiger partial charge in [-0.3, -0.25) is 5.32 Å². The average molecular weight is 391 g/mol. The van der Waals surface area contributed by atoms with Gasteiger partial charge in [0.05, 0.1) is 24.2 Å². The lowest BCUT2D eigenvalue weighted by atomic mass is 10.00. The molecule has 2 aliphatic heterocycles. The van der Waals surface area contributed by atoms with Gasteiger partial charge in [0.1, 0.15) is 0 Å². The van der Waals surface area contributed by atoms with Gasteiger partial charge in [-0.2, -0.15) is 4.31 Å². The molecule has 0 saturated carbocycles. The molecule has 2 saturated heterocycles. The summed E-state index contributed by atoms with van der Waals surface area (Å²) in [5.74, 6) is 0. The zero-order valence-electron chi connectivity index (χ0n) is 14.9. The molecule has 3 heterocycles. The topological polar surface area (TPSA) is 106 Å². The minimum absolute atomic E-state index is 0.0316. The van der Waals surface area contributed by atoms with Crippen LogP contribution in [0.25, 0.3) is 0 Å². The van der Waals surface area contributed by atoms with Gasteiger partial charge in [0.2, 0.25) is 10.0 Å². The van der Waals surface area contributed by atoms with Gasteiger partial charge in [-0.05, 0) is 49.9 Å². The number of ether oxygens (including phenoxy) is 1. The Labute approximate surface area is 157 Å². The number of nitrogens with one attached hydrogen (secondary N) is 1. The molecule has 9 nitrogen and oxygen atoms in total. The third-order valence-electron chi connectivity index (χ3n) is 5.32. The molecule has 1 N–H and O–H groups in total. The van der Waals surface area contributed by atoms with E-state index in [1.807, 2.05) is 10.9 Å². The molecule has 1 aromatic carbocycles. The van der Waals surface area contributed by atoms with Crippen LogP contribution >= 0.6 is 0 Å². The number of piperidine rings is 1. The van der Waals surface area contributed by atoms with Crippen LogP contribution in [0.4, 0.5) is 10.5 Å². The zero-order valence-corrected chi connectivity index (χ0v) is 15.7. The van der Waals surface area contributed by atoms with Gasteiger partial charge < -0.3 is 4.74 Å². The largest absolute Gasteiger partial charge is 0.453 e. The molecule has 10 heteroatoms. The van der Waals surface area contributed by atoms with Crippen molar-refractivity contribution in [3.05, 3.63) is 36.7 Å². The van der Waals surface area contributed by atoms with Crippen molar-refractivity contribution in [2.75, 3.05) is 12.4 Å². The summed E-state index contributed by atoms with van der Waals surface area (Å²) in [5.41, 5.74) is 0.480. The predicted molar refractivity (Wildman–Crippen MR) is 96.6 cm³/mol. The zero-order chi connectivity index (χ0) is 19.0. The first-order valence-electron chi connectivity index (χ1n) is 8.83.